The van der Waals surface area contributed by atoms with Gasteiger partial charge in [-0.25, -0.2) is 4.79 Å². The van der Waals surface area contributed by atoms with E-state index in [0.29, 0.717) is 13.1 Å². The van der Waals surface area contributed by atoms with Gasteiger partial charge in [0.05, 0.1) is 6.54 Å². The second-order valence-corrected chi connectivity index (χ2v) is 5.40. The van der Waals surface area contributed by atoms with Gasteiger partial charge in [0.1, 0.15) is 5.60 Å². The lowest BCUT2D eigenvalue weighted by molar-refractivity contribution is 0.0304. The number of amides is 1. The minimum absolute atomic E-state index is 0.226. The van der Waals surface area contributed by atoms with Gasteiger partial charge in [0, 0.05) is 10.1 Å². The molecule has 1 amide bonds. The molecule has 1 rings (SSSR count). The Balaban J connectivity index is 2.43. The van der Waals surface area contributed by atoms with Crippen LogP contribution in [0.1, 0.15) is 20.8 Å². The Hall–Kier alpha value is -0.260. The first-order valence-electron chi connectivity index (χ1n) is 4.21. The van der Waals surface area contributed by atoms with Crippen LogP contribution in [-0.2, 0) is 4.74 Å². The fourth-order valence-electron chi connectivity index (χ4n) is 0.986. The maximum absolute atomic E-state index is 11.5. The zero-order valence-corrected chi connectivity index (χ0v) is 10.3. The highest BCUT2D eigenvalue weighted by Gasteiger charge is 2.24. The van der Waals surface area contributed by atoms with E-state index in [1.54, 1.807) is 4.90 Å². The number of rotatable bonds is 0. The number of ether oxygens (including phenoxy) is 1. The molecule has 0 aliphatic carbocycles. The predicted molar refractivity (Wildman–Crippen MR) is 59.9 cm³/mol. The molecule has 0 aromatic carbocycles. The Labute approximate surface area is 92.3 Å². The van der Waals surface area contributed by atoms with Crippen LogP contribution in [0.2, 0.25) is 0 Å². The van der Waals surface area contributed by atoms with Crippen LogP contribution in [0.25, 0.3) is 0 Å². The molecule has 13 heavy (non-hydrogen) atoms. The molecule has 0 bridgehead atoms. The van der Waals surface area contributed by atoms with E-state index in [-0.39, 0.29) is 6.09 Å². The van der Waals surface area contributed by atoms with E-state index in [2.05, 4.69) is 22.6 Å². The van der Waals surface area contributed by atoms with Crippen molar-refractivity contribution in [3.63, 3.8) is 0 Å². The molecule has 0 unspecified atom stereocenters. The lowest BCUT2D eigenvalue weighted by Gasteiger charge is -2.24. The third-order valence-electron chi connectivity index (χ3n) is 1.53. The molecule has 1 aliphatic rings. The first-order valence-corrected chi connectivity index (χ1v) is 5.29. The maximum atomic E-state index is 11.5. The SMILES string of the molecule is CC(C)(C)OC(=O)N1CC=C(I)C1. The number of nitrogens with zero attached hydrogens (tertiary/aromatic N) is 1. The fraction of sp³-hybridized carbons (Fsp3) is 0.667. The average molecular weight is 295 g/mol. The number of halogens is 1. The minimum atomic E-state index is -0.398. The molecule has 1 aliphatic heterocycles. The van der Waals surface area contributed by atoms with Gasteiger partial charge in [-0.1, -0.05) is 6.08 Å². The summed E-state index contributed by atoms with van der Waals surface area (Å²) in [5, 5.41) is 0. The molecule has 0 N–H and O–H groups in total. The Bertz CT molecular complexity index is 242. The summed E-state index contributed by atoms with van der Waals surface area (Å²) in [7, 11) is 0. The summed E-state index contributed by atoms with van der Waals surface area (Å²) < 4.78 is 6.42. The highest BCUT2D eigenvalue weighted by atomic mass is 127. The van der Waals surface area contributed by atoms with E-state index in [9.17, 15) is 4.79 Å². The van der Waals surface area contributed by atoms with Crippen molar-refractivity contribution >= 4 is 28.7 Å². The van der Waals surface area contributed by atoms with Gasteiger partial charge >= 0.3 is 6.09 Å². The zero-order valence-electron chi connectivity index (χ0n) is 8.13. The van der Waals surface area contributed by atoms with Crippen LogP contribution in [0.4, 0.5) is 4.79 Å². The second kappa shape index (κ2) is 3.86. The molecule has 0 aromatic heterocycles. The minimum Gasteiger partial charge on any atom is -0.444 e. The van der Waals surface area contributed by atoms with Crippen LogP contribution in [0, 0.1) is 0 Å². The first kappa shape index (κ1) is 10.8. The van der Waals surface area contributed by atoms with Crippen LogP contribution >= 0.6 is 22.6 Å². The second-order valence-electron chi connectivity index (χ2n) is 4.01. The molecule has 0 fully saturated rings. The molecule has 0 saturated heterocycles. The normalized spacial score (nSPS) is 17.2. The number of carbonyl (C=O) groups is 1. The summed E-state index contributed by atoms with van der Waals surface area (Å²) in [5.74, 6) is 0. The highest BCUT2D eigenvalue weighted by molar-refractivity contribution is 14.1. The molecule has 74 valence electrons. The molecule has 0 spiro atoms. The largest absolute Gasteiger partial charge is 0.444 e. The van der Waals surface area contributed by atoms with E-state index in [4.69, 9.17) is 4.74 Å². The lowest BCUT2D eigenvalue weighted by Crippen LogP contribution is -2.35. The smallest absolute Gasteiger partial charge is 0.410 e. The van der Waals surface area contributed by atoms with E-state index in [0.717, 1.165) is 0 Å². The lowest BCUT2D eigenvalue weighted by atomic mass is 10.2. The van der Waals surface area contributed by atoms with E-state index >= 15 is 0 Å². The van der Waals surface area contributed by atoms with E-state index in [1.165, 1.54) is 3.58 Å². The van der Waals surface area contributed by atoms with Gasteiger partial charge in [-0.2, -0.15) is 0 Å². The van der Waals surface area contributed by atoms with Crippen LogP contribution < -0.4 is 0 Å². The van der Waals surface area contributed by atoms with Gasteiger partial charge in [0.25, 0.3) is 0 Å². The number of hydrogen-bond acceptors (Lipinski definition) is 2. The summed E-state index contributed by atoms with van der Waals surface area (Å²) in [4.78, 5) is 13.2. The summed E-state index contributed by atoms with van der Waals surface area (Å²) in [6, 6.07) is 0. The van der Waals surface area contributed by atoms with Crippen LogP contribution in [0.3, 0.4) is 0 Å². The van der Waals surface area contributed by atoms with Crippen molar-refractivity contribution in [2.24, 2.45) is 0 Å². The molecule has 0 atom stereocenters. The van der Waals surface area contributed by atoms with Crippen molar-refractivity contribution in [2.45, 2.75) is 26.4 Å². The Kier molecular flexibility index (Phi) is 3.21. The topological polar surface area (TPSA) is 29.5 Å². The monoisotopic (exact) mass is 295 g/mol. The number of carbonyl (C=O) groups excluding carboxylic acids is 1. The van der Waals surface area contributed by atoms with Crippen molar-refractivity contribution < 1.29 is 9.53 Å². The average Bonchev–Trinajstić information content (AvgIpc) is 2.31. The van der Waals surface area contributed by atoms with Gasteiger partial charge in [0.2, 0.25) is 0 Å². The molecular formula is C9H14INO2. The van der Waals surface area contributed by atoms with Crippen LogP contribution in [-0.4, -0.2) is 29.7 Å². The fourth-order valence-corrected chi connectivity index (χ4v) is 1.59. The van der Waals surface area contributed by atoms with Gasteiger partial charge < -0.3 is 4.74 Å². The van der Waals surface area contributed by atoms with Gasteiger partial charge in [-0.3, -0.25) is 4.90 Å². The summed E-state index contributed by atoms with van der Waals surface area (Å²) >= 11 is 2.23. The standard InChI is InChI=1S/C9H14INO2/c1-9(2,3)13-8(12)11-5-4-7(10)6-11/h4H,5-6H2,1-3H3. The van der Waals surface area contributed by atoms with Gasteiger partial charge in [-0.15, -0.1) is 0 Å². The first-order chi connectivity index (χ1) is 5.88. The van der Waals surface area contributed by atoms with Crippen LogP contribution in [0.5, 0.6) is 0 Å². The maximum Gasteiger partial charge on any atom is 0.410 e. The van der Waals surface area contributed by atoms with E-state index in [1.807, 2.05) is 26.8 Å². The molecule has 4 heteroatoms. The summed E-state index contributed by atoms with van der Waals surface area (Å²) in [5.41, 5.74) is -0.398. The number of hydrogen-bond donors (Lipinski definition) is 0. The van der Waals surface area contributed by atoms with Gasteiger partial charge in [0.15, 0.2) is 0 Å². The molecule has 0 saturated carbocycles. The molecular weight excluding hydrogens is 281 g/mol. The summed E-state index contributed by atoms with van der Waals surface area (Å²) in [6.45, 7) is 6.99. The van der Waals surface area contributed by atoms with Crippen molar-refractivity contribution in [3.05, 3.63) is 9.66 Å². The third kappa shape index (κ3) is 3.54. The molecule has 1 heterocycles. The van der Waals surface area contributed by atoms with E-state index < -0.39 is 5.60 Å². The van der Waals surface area contributed by atoms with Crippen molar-refractivity contribution in [3.8, 4) is 0 Å². The van der Waals surface area contributed by atoms with Crippen molar-refractivity contribution in [2.75, 3.05) is 13.1 Å². The summed E-state index contributed by atoms with van der Waals surface area (Å²) in [6.07, 6.45) is 1.81. The Morgan fingerprint density at radius 2 is 2.23 bits per heavy atom. The molecule has 0 aromatic rings. The predicted octanol–water partition coefficient (Wildman–Crippen LogP) is 2.56. The molecule has 3 nitrogen and oxygen atoms in total. The molecule has 0 radical (unpaired) electrons. The van der Waals surface area contributed by atoms with Crippen molar-refractivity contribution in [1.29, 1.82) is 0 Å². The highest BCUT2D eigenvalue weighted by Crippen LogP contribution is 2.18. The quantitative estimate of drug-likeness (QED) is 0.643. The third-order valence-corrected chi connectivity index (χ3v) is 2.31. The van der Waals surface area contributed by atoms with Crippen LogP contribution in [0.15, 0.2) is 9.66 Å². The Morgan fingerprint density at radius 1 is 1.62 bits per heavy atom. The zero-order chi connectivity index (χ0) is 10.1. The Morgan fingerprint density at radius 3 is 2.62 bits per heavy atom. The van der Waals surface area contributed by atoms with Gasteiger partial charge in [-0.05, 0) is 43.4 Å². The van der Waals surface area contributed by atoms with Crippen molar-refractivity contribution in [1.82, 2.24) is 4.90 Å².